The van der Waals surface area contributed by atoms with Gasteiger partial charge in [0.15, 0.2) is 0 Å². The van der Waals surface area contributed by atoms with E-state index in [-0.39, 0.29) is 6.10 Å². The van der Waals surface area contributed by atoms with E-state index in [1.807, 2.05) is 6.92 Å². The molecule has 0 aromatic carbocycles. The van der Waals surface area contributed by atoms with Crippen molar-refractivity contribution in [2.24, 2.45) is 0 Å². The zero-order valence-electron chi connectivity index (χ0n) is 9.90. The number of hydrogen-bond acceptors (Lipinski definition) is 3. The summed E-state index contributed by atoms with van der Waals surface area (Å²) in [6, 6.07) is 1.25. The number of piperazine rings is 1. The molecule has 3 nitrogen and oxygen atoms in total. The lowest BCUT2D eigenvalue weighted by Gasteiger charge is -2.42. The van der Waals surface area contributed by atoms with Gasteiger partial charge >= 0.3 is 0 Å². The van der Waals surface area contributed by atoms with Crippen LogP contribution in [0.3, 0.4) is 0 Å². The van der Waals surface area contributed by atoms with Crippen LogP contribution >= 0.6 is 0 Å². The van der Waals surface area contributed by atoms with Crippen LogP contribution in [0, 0.1) is 0 Å². The van der Waals surface area contributed by atoms with Crippen molar-refractivity contribution in [1.82, 2.24) is 9.80 Å². The average molecular weight is 200 g/mol. The maximum Gasteiger partial charge on any atom is 0.0639 e. The van der Waals surface area contributed by atoms with Gasteiger partial charge in [0.05, 0.1) is 6.10 Å². The fourth-order valence-corrected chi connectivity index (χ4v) is 2.35. The van der Waals surface area contributed by atoms with E-state index in [0.29, 0.717) is 12.1 Å². The van der Waals surface area contributed by atoms with Crippen LogP contribution in [0.2, 0.25) is 0 Å². The van der Waals surface area contributed by atoms with Gasteiger partial charge in [0.25, 0.3) is 0 Å². The molecule has 0 amide bonds. The summed E-state index contributed by atoms with van der Waals surface area (Å²) < 4.78 is 0. The molecule has 0 saturated carbocycles. The first-order valence-electron chi connectivity index (χ1n) is 5.67. The largest absolute Gasteiger partial charge is 0.392 e. The van der Waals surface area contributed by atoms with E-state index in [1.165, 1.54) is 0 Å². The molecule has 0 spiro atoms. The van der Waals surface area contributed by atoms with Crippen LogP contribution in [0.1, 0.15) is 27.7 Å². The van der Waals surface area contributed by atoms with Gasteiger partial charge in [-0.15, -0.1) is 0 Å². The third kappa shape index (κ3) is 3.23. The van der Waals surface area contributed by atoms with Crippen LogP contribution in [-0.4, -0.2) is 59.3 Å². The second-order valence-corrected chi connectivity index (χ2v) is 4.79. The summed E-state index contributed by atoms with van der Waals surface area (Å²) in [4.78, 5) is 4.88. The van der Waals surface area contributed by atoms with Crippen molar-refractivity contribution >= 4 is 0 Å². The molecule has 0 bridgehead atoms. The first kappa shape index (κ1) is 12.0. The Morgan fingerprint density at radius 1 is 1.29 bits per heavy atom. The average Bonchev–Trinajstić information content (AvgIpc) is 2.01. The van der Waals surface area contributed by atoms with Crippen molar-refractivity contribution in [3.63, 3.8) is 0 Å². The third-order valence-electron chi connectivity index (χ3n) is 2.95. The lowest BCUT2D eigenvalue weighted by Crippen LogP contribution is -2.55. The van der Waals surface area contributed by atoms with E-state index in [9.17, 15) is 5.11 Å². The molecule has 1 rings (SSSR count). The van der Waals surface area contributed by atoms with E-state index in [1.54, 1.807) is 0 Å². The van der Waals surface area contributed by atoms with Crippen molar-refractivity contribution in [2.75, 3.05) is 26.2 Å². The maximum atomic E-state index is 9.31. The molecule has 1 saturated heterocycles. The Hall–Kier alpha value is -0.120. The second kappa shape index (κ2) is 5.10. The van der Waals surface area contributed by atoms with E-state index < -0.39 is 0 Å². The standard InChI is InChI=1S/C11H24N2O/c1-9(2)13-6-5-12(7-10(13)3)8-11(4)14/h9-11,14H,5-8H2,1-4H3. The minimum atomic E-state index is -0.201. The van der Waals surface area contributed by atoms with Crippen molar-refractivity contribution < 1.29 is 5.11 Å². The summed E-state index contributed by atoms with van der Waals surface area (Å²) in [5.74, 6) is 0. The SMILES string of the molecule is CC(O)CN1CCN(C(C)C)C(C)C1. The fraction of sp³-hybridized carbons (Fsp3) is 1.00. The van der Waals surface area contributed by atoms with Crippen molar-refractivity contribution in [1.29, 1.82) is 0 Å². The maximum absolute atomic E-state index is 9.31. The summed E-state index contributed by atoms with van der Waals surface area (Å²) in [7, 11) is 0. The summed E-state index contributed by atoms with van der Waals surface area (Å²) in [5, 5.41) is 9.31. The predicted octanol–water partition coefficient (Wildman–Crippen LogP) is 0.782. The smallest absolute Gasteiger partial charge is 0.0639 e. The Morgan fingerprint density at radius 2 is 1.93 bits per heavy atom. The van der Waals surface area contributed by atoms with E-state index >= 15 is 0 Å². The second-order valence-electron chi connectivity index (χ2n) is 4.79. The van der Waals surface area contributed by atoms with Gasteiger partial charge in [0.1, 0.15) is 0 Å². The first-order chi connectivity index (χ1) is 6.50. The molecule has 1 N–H and O–H groups in total. The van der Waals surface area contributed by atoms with Crippen molar-refractivity contribution in [3.05, 3.63) is 0 Å². The molecule has 1 heterocycles. The predicted molar refractivity (Wildman–Crippen MR) is 59.4 cm³/mol. The molecule has 0 radical (unpaired) electrons. The van der Waals surface area contributed by atoms with E-state index in [2.05, 4.69) is 30.6 Å². The molecule has 1 fully saturated rings. The Morgan fingerprint density at radius 3 is 2.36 bits per heavy atom. The Bertz CT molecular complexity index is 171. The number of aliphatic hydroxyl groups is 1. The highest BCUT2D eigenvalue weighted by molar-refractivity contribution is 4.81. The number of nitrogens with zero attached hydrogens (tertiary/aromatic N) is 2. The summed E-state index contributed by atoms with van der Waals surface area (Å²) in [5.41, 5.74) is 0. The minimum absolute atomic E-state index is 0.201. The van der Waals surface area contributed by atoms with Gasteiger partial charge in [0.2, 0.25) is 0 Å². The van der Waals surface area contributed by atoms with Gasteiger partial charge in [-0.3, -0.25) is 9.80 Å². The number of rotatable bonds is 3. The van der Waals surface area contributed by atoms with Gasteiger partial charge in [-0.05, 0) is 27.7 Å². The van der Waals surface area contributed by atoms with E-state index in [0.717, 1.165) is 26.2 Å². The van der Waals surface area contributed by atoms with Gasteiger partial charge in [-0.2, -0.15) is 0 Å². The van der Waals surface area contributed by atoms with Crippen molar-refractivity contribution in [2.45, 2.75) is 45.9 Å². The van der Waals surface area contributed by atoms with Crippen LogP contribution in [-0.2, 0) is 0 Å². The molecule has 0 aromatic rings. The lowest BCUT2D eigenvalue weighted by molar-refractivity contribution is 0.0358. The highest BCUT2D eigenvalue weighted by Crippen LogP contribution is 2.12. The Balaban J connectivity index is 2.39. The Labute approximate surface area is 87.7 Å². The van der Waals surface area contributed by atoms with Gasteiger partial charge in [-0.25, -0.2) is 0 Å². The molecule has 3 heteroatoms. The molecular formula is C11H24N2O. The normalized spacial score (nSPS) is 28.3. The zero-order chi connectivity index (χ0) is 10.7. The highest BCUT2D eigenvalue weighted by Gasteiger charge is 2.25. The van der Waals surface area contributed by atoms with Crippen molar-refractivity contribution in [3.8, 4) is 0 Å². The Kier molecular flexibility index (Phi) is 4.35. The highest BCUT2D eigenvalue weighted by atomic mass is 16.3. The van der Waals surface area contributed by atoms with Crippen LogP contribution < -0.4 is 0 Å². The number of aliphatic hydroxyl groups excluding tert-OH is 1. The first-order valence-corrected chi connectivity index (χ1v) is 5.67. The summed E-state index contributed by atoms with van der Waals surface area (Å²) in [6.07, 6.45) is -0.201. The molecule has 2 atom stereocenters. The van der Waals surface area contributed by atoms with Crippen LogP contribution in [0.4, 0.5) is 0 Å². The molecule has 1 aliphatic rings. The summed E-state index contributed by atoms with van der Waals surface area (Å²) >= 11 is 0. The molecule has 14 heavy (non-hydrogen) atoms. The lowest BCUT2D eigenvalue weighted by atomic mass is 10.1. The minimum Gasteiger partial charge on any atom is -0.392 e. The third-order valence-corrected chi connectivity index (χ3v) is 2.95. The zero-order valence-corrected chi connectivity index (χ0v) is 9.90. The molecule has 2 unspecified atom stereocenters. The van der Waals surface area contributed by atoms with Gasteiger partial charge in [0, 0.05) is 38.3 Å². The number of β-amino-alcohol motifs (C(OH)–C–C–N with tert-alkyl or cyclic N) is 1. The fourth-order valence-electron chi connectivity index (χ4n) is 2.35. The molecule has 1 aliphatic heterocycles. The molecular weight excluding hydrogens is 176 g/mol. The van der Waals surface area contributed by atoms with Crippen LogP contribution in [0.5, 0.6) is 0 Å². The van der Waals surface area contributed by atoms with Crippen LogP contribution in [0.25, 0.3) is 0 Å². The number of hydrogen-bond donors (Lipinski definition) is 1. The molecule has 0 aliphatic carbocycles. The quantitative estimate of drug-likeness (QED) is 0.729. The van der Waals surface area contributed by atoms with Gasteiger partial charge < -0.3 is 5.11 Å². The molecule has 0 aromatic heterocycles. The summed E-state index contributed by atoms with van der Waals surface area (Å²) in [6.45, 7) is 12.8. The monoisotopic (exact) mass is 200 g/mol. The van der Waals surface area contributed by atoms with Crippen LogP contribution in [0.15, 0.2) is 0 Å². The topological polar surface area (TPSA) is 26.7 Å². The molecule has 84 valence electrons. The van der Waals surface area contributed by atoms with Gasteiger partial charge in [-0.1, -0.05) is 0 Å². The van der Waals surface area contributed by atoms with E-state index in [4.69, 9.17) is 0 Å².